The van der Waals surface area contributed by atoms with E-state index in [9.17, 15) is 4.39 Å². The van der Waals surface area contributed by atoms with Crippen LogP contribution in [0.25, 0.3) is 16.7 Å². The molecule has 0 spiro atoms. The highest BCUT2D eigenvalue weighted by Crippen LogP contribution is 2.27. The Morgan fingerprint density at radius 3 is 2.57 bits per heavy atom. The first-order valence-electron chi connectivity index (χ1n) is 8.71. The first-order valence-corrected chi connectivity index (χ1v) is 8.71. The first-order chi connectivity index (χ1) is 13.5. The quantitative estimate of drug-likeness (QED) is 0.411. The maximum atomic E-state index is 13.9. The predicted octanol–water partition coefficient (Wildman–Crippen LogP) is 3.73. The van der Waals surface area contributed by atoms with Crippen LogP contribution in [-0.4, -0.2) is 20.6 Å². The van der Waals surface area contributed by atoms with Crippen LogP contribution in [0.5, 0.6) is 5.88 Å². The number of nitrogen functional groups attached to an aromatic ring is 1. The van der Waals surface area contributed by atoms with Gasteiger partial charge in [0, 0.05) is 10.9 Å². The third-order valence-electron chi connectivity index (χ3n) is 4.42. The highest BCUT2D eigenvalue weighted by molar-refractivity contribution is 6.00. The minimum atomic E-state index is -0.363. The number of para-hydroxylation sites is 1. The number of pyridine rings is 1. The van der Waals surface area contributed by atoms with Gasteiger partial charge < -0.3 is 10.5 Å². The summed E-state index contributed by atoms with van der Waals surface area (Å²) in [5.41, 5.74) is 8.67. The summed E-state index contributed by atoms with van der Waals surface area (Å²) in [7, 11) is 0. The van der Waals surface area contributed by atoms with Crippen LogP contribution in [-0.2, 0) is 6.61 Å². The summed E-state index contributed by atoms with van der Waals surface area (Å²) in [5.74, 6) is -0.372. The van der Waals surface area contributed by atoms with Gasteiger partial charge in [-0.05, 0) is 31.2 Å². The molecule has 4 aromatic rings. The molecule has 3 N–H and O–H groups in total. The highest BCUT2D eigenvalue weighted by Gasteiger charge is 2.18. The molecule has 0 bridgehead atoms. The normalized spacial score (nSPS) is 10.9. The Morgan fingerprint density at radius 1 is 1.14 bits per heavy atom. The van der Waals surface area contributed by atoms with Gasteiger partial charge in [0.05, 0.1) is 16.9 Å². The van der Waals surface area contributed by atoms with E-state index in [0.29, 0.717) is 16.8 Å². The molecule has 0 saturated heterocycles. The van der Waals surface area contributed by atoms with Gasteiger partial charge in [-0.2, -0.15) is 10.1 Å². The van der Waals surface area contributed by atoms with Crippen LogP contribution in [0.1, 0.15) is 16.8 Å². The lowest BCUT2D eigenvalue weighted by atomic mass is 10.2. The fraction of sp³-hybridized carbons (Fsp3) is 0.0952. The van der Waals surface area contributed by atoms with Crippen LogP contribution in [0.2, 0.25) is 0 Å². The number of aryl methyl sites for hydroxylation is 1. The van der Waals surface area contributed by atoms with Crippen LogP contribution in [0.4, 0.5) is 4.39 Å². The van der Waals surface area contributed by atoms with Gasteiger partial charge in [0.15, 0.2) is 5.65 Å². The van der Waals surface area contributed by atoms with E-state index in [2.05, 4.69) is 10.1 Å². The molecule has 6 nitrogen and oxygen atoms in total. The largest absolute Gasteiger partial charge is 0.472 e. The number of benzene rings is 2. The second kappa shape index (κ2) is 7.11. The SMILES string of the molecule is Cc1nn(-c2ccccc2)c2nc(OCc3ccccc3F)c(C(=N)N)cc12. The van der Waals surface area contributed by atoms with Crippen LogP contribution < -0.4 is 10.5 Å². The molecule has 0 atom stereocenters. The number of nitrogens with one attached hydrogen (secondary N) is 1. The lowest BCUT2D eigenvalue weighted by molar-refractivity contribution is 0.288. The van der Waals surface area contributed by atoms with E-state index in [0.717, 1.165) is 16.8 Å². The summed E-state index contributed by atoms with van der Waals surface area (Å²) in [4.78, 5) is 4.57. The second-order valence-corrected chi connectivity index (χ2v) is 6.34. The van der Waals surface area contributed by atoms with Crippen molar-refractivity contribution >= 4 is 16.9 Å². The fourth-order valence-electron chi connectivity index (χ4n) is 2.98. The van der Waals surface area contributed by atoms with Crippen LogP contribution in [0.3, 0.4) is 0 Å². The van der Waals surface area contributed by atoms with Crippen molar-refractivity contribution in [2.75, 3.05) is 0 Å². The van der Waals surface area contributed by atoms with Crippen molar-refractivity contribution in [1.29, 1.82) is 5.41 Å². The zero-order chi connectivity index (χ0) is 19.7. The van der Waals surface area contributed by atoms with Crippen LogP contribution >= 0.6 is 0 Å². The lowest BCUT2D eigenvalue weighted by Gasteiger charge is -2.11. The number of nitrogens with two attached hydrogens (primary N) is 1. The molecular formula is C21H18FN5O. The summed E-state index contributed by atoms with van der Waals surface area (Å²) in [6.45, 7) is 1.84. The molecule has 0 aliphatic carbocycles. The number of rotatable bonds is 5. The molecule has 0 fully saturated rings. The summed E-state index contributed by atoms with van der Waals surface area (Å²) in [6, 6.07) is 17.7. The number of nitrogens with zero attached hydrogens (tertiary/aromatic N) is 3. The third kappa shape index (κ3) is 3.18. The van der Waals surface area contributed by atoms with E-state index in [4.69, 9.17) is 15.9 Å². The fourth-order valence-corrected chi connectivity index (χ4v) is 2.98. The van der Waals surface area contributed by atoms with Crippen molar-refractivity contribution in [1.82, 2.24) is 14.8 Å². The molecule has 7 heteroatoms. The zero-order valence-corrected chi connectivity index (χ0v) is 15.2. The highest BCUT2D eigenvalue weighted by atomic mass is 19.1. The molecular weight excluding hydrogens is 357 g/mol. The zero-order valence-electron chi connectivity index (χ0n) is 15.2. The van der Waals surface area contributed by atoms with Gasteiger partial charge in [-0.3, -0.25) is 5.41 Å². The van der Waals surface area contributed by atoms with Gasteiger partial charge in [-0.25, -0.2) is 9.07 Å². The number of hydrogen-bond acceptors (Lipinski definition) is 4. The number of halogens is 1. The van der Waals surface area contributed by atoms with Gasteiger partial charge in [-0.1, -0.05) is 36.4 Å². The van der Waals surface area contributed by atoms with E-state index in [1.165, 1.54) is 6.07 Å². The molecule has 0 radical (unpaired) electrons. The van der Waals surface area contributed by atoms with E-state index >= 15 is 0 Å². The van der Waals surface area contributed by atoms with Gasteiger partial charge in [-0.15, -0.1) is 0 Å². The molecule has 0 amide bonds. The number of amidine groups is 1. The topological polar surface area (TPSA) is 89.8 Å². The molecule has 0 unspecified atom stereocenters. The maximum absolute atomic E-state index is 13.9. The van der Waals surface area contributed by atoms with Gasteiger partial charge >= 0.3 is 0 Å². The number of ether oxygens (including phenoxy) is 1. The Labute approximate surface area is 160 Å². The van der Waals surface area contributed by atoms with E-state index in [1.54, 1.807) is 28.9 Å². The van der Waals surface area contributed by atoms with Crippen LogP contribution in [0.15, 0.2) is 60.7 Å². The maximum Gasteiger partial charge on any atom is 0.226 e. The molecule has 140 valence electrons. The lowest BCUT2D eigenvalue weighted by Crippen LogP contribution is -2.14. The van der Waals surface area contributed by atoms with E-state index < -0.39 is 0 Å². The average Bonchev–Trinajstić information content (AvgIpc) is 3.03. The van der Waals surface area contributed by atoms with Crippen LogP contribution in [0, 0.1) is 18.2 Å². The molecule has 2 heterocycles. The third-order valence-corrected chi connectivity index (χ3v) is 4.42. The van der Waals surface area contributed by atoms with Crippen molar-refractivity contribution in [2.45, 2.75) is 13.5 Å². The van der Waals surface area contributed by atoms with Crippen molar-refractivity contribution in [3.63, 3.8) is 0 Å². The Balaban J connectivity index is 1.81. The van der Waals surface area contributed by atoms with Gasteiger partial charge in [0.1, 0.15) is 18.3 Å². The van der Waals surface area contributed by atoms with Crippen molar-refractivity contribution < 1.29 is 9.13 Å². The molecule has 4 rings (SSSR count). The van der Waals surface area contributed by atoms with Crippen molar-refractivity contribution in [2.24, 2.45) is 5.73 Å². The summed E-state index contributed by atoms with van der Waals surface area (Å²) < 4.78 is 21.4. The minimum Gasteiger partial charge on any atom is -0.472 e. The monoisotopic (exact) mass is 375 g/mol. The number of hydrogen-bond donors (Lipinski definition) is 2. The Hall–Kier alpha value is -3.74. The number of fused-ring (bicyclic) bond motifs is 1. The minimum absolute atomic E-state index is 0.0239. The Bertz CT molecular complexity index is 1170. The first kappa shape index (κ1) is 17.7. The second-order valence-electron chi connectivity index (χ2n) is 6.34. The predicted molar refractivity (Wildman–Crippen MR) is 105 cm³/mol. The number of aromatic nitrogens is 3. The van der Waals surface area contributed by atoms with E-state index in [-0.39, 0.29) is 24.1 Å². The summed E-state index contributed by atoms with van der Waals surface area (Å²) in [5, 5.41) is 13.2. The Kier molecular flexibility index (Phi) is 4.49. The van der Waals surface area contributed by atoms with E-state index in [1.807, 2.05) is 37.3 Å². The average molecular weight is 375 g/mol. The summed E-state index contributed by atoms with van der Waals surface area (Å²) in [6.07, 6.45) is 0. The molecule has 0 aliphatic rings. The van der Waals surface area contributed by atoms with Crippen molar-refractivity contribution in [3.8, 4) is 11.6 Å². The summed E-state index contributed by atoms with van der Waals surface area (Å²) >= 11 is 0. The Morgan fingerprint density at radius 2 is 1.86 bits per heavy atom. The van der Waals surface area contributed by atoms with Crippen molar-refractivity contribution in [3.05, 3.63) is 83.3 Å². The smallest absolute Gasteiger partial charge is 0.226 e. The molecule has 28 heavy (non-hydrogen) atoms. The molecule has 0 aliphatic heterocycles. The standard InChI is InChI=1S/C21H18FN5O/c1-13-16-11-17(19(23)24)21(28-12-14-7-5-6-10-18(14)22)25-20(16)27(26-13)15-8-3-2-4-9-15/h2-11H,12H2,1H3,(H3,23,24). The molecule has 2 aromatic carbocycles. The molecule has 2 aromatic heterocycles. The molecule has 0 saturated carbocycles. The van der Waals surface area contributed by atoms with Gasteiger partial charge in [0.25, 0.3) is 0 Å². The van der Waals surface area contributed by atoms with Gasteiger partial charge in [0.2, 0.25) is 5.88 Å².